The van der Waals surface area contributed by atoms with Crippen molar-refractivity contribution in [2.24, 2.45) is 57.2 Å². The molecule has 0 aromatic heterocycles. The van der Waals surface area contributed by atoms with Crippen molar-refractivity contribution < 1.29 is 30.0 Å². The van der Waals surface area contributed by atoms with E-state index in [0.29, 0.717) is 23.7 Å². The van der Waals surface area contributed by atoms with Gasteiger partial charge in [0.15, 0.2) is 12.6 Å². The maximum absolute atomic E-state index is 12.7. The molecule has 0 aromatic rings. The number of allylic oxidation sites excluding steroid dienone is 2. The third kappa shape index (κ3) is 3.98. The van der Waals surface area contributed by atoms with E-state index < -0.39 is 30.1 Å². The Morgan fingerprint density at radius 1 is 0.947 bits per heavy atom. The van der Waals surface area contributed by atoms with Crippen LogP contribution in [0.4, 0.5) is 0 Å². The molecule has 4 saturated carbocycles. The van der Waals surface area contributed by atoms with Crippen molar-refractivity contribution in [3.05, 3.63) is 11.6 Å². The van der Waals surface area contributed by atoms with Crippen LogP contribution >= 0.6 is 0 Å². The summed E-state index contributed by atoms with van der Waals surface area (Å²) in [6.45, 7) is 13.4. The minimum atomic E-state index is -1.62. The molecule has 5 aliphatic rings. The van der Waals surface area contributed by atoms with E-state index >= 15 is 0 Å². The van der Waals surface area contributed by atoms with Gasteiger partial charge in [0, 0.05) is 0 Å². The molecule has 38 heavy (non-hydrogen) atoms. The first-order chi connectivity index (χ1) is 17.7. The van der Waals surface area contributed by atoms with Gasteiger partial charge in [0.2, 0.25) is 0 Å². The van der Waals surface area contributed by atoms with Gasteiger partial charge in [-0.2, -0.15) is 0 Å². The largest absolute Gasteiger partial charge is 0.481 e. The van der Waals surface area contributed by atoms with E-state index in [4.69, 9.17) is 4.74 Å². The molecule has 0 spiro atoms. The molecular formula is C32H52O6. The number of aliphatic carboxylic acids is 1. The van der Waals surface area contributed by atoms with Gasteiger partial charge in [-0.05, 0) is 110 Å². The Morgan fingerprint density at radius 2 is 1.63 bits per heavy atom. The van der Waals surface area contributed by atoms with Crippen molar-refractivity contribution in [3.8, 4) is 0 Å². The molecule has 5 aliphatic carbocycles. The van der Waals surface area contributed by atoms with Crippen LogP contribution in [-0.2, 0) is 9.53 Å². The highest BCUT2D eigenvalue weighted by molar-refractivity contribution is 5.76. The molecule has 5 rings (SSSR count). The molecule has 0 aliphatic heterocycles. The van der Waals surface area contributed by atoms with Gasteiger partial charge < -0.3 is 25.2 Å². The van der Waals surface area contributed by atoms with Crippen LogP contribution in [0, 0.1) is 57.2 Å². The lowest BCUT2D eigenvalue weighted by Crippen LogP contribution is -2.63. The first-order valence-corrected chi connectivity index (χ1v) is 15.3. The lowest BCUT2D eigenvalue weighted by molar-refractivity contribution is -0.257. The molecule has 0 amide bonds. The van der Waals surface area contributed by atoms with E-state index in [1.165, 1.54) is 12.5 Å². The zero-order chi connectivity index (χ0) is 27.8. The molecule has 11 atom stereocenters. The normalized spacial score (nSPS) is 47.6. The zero-order valence-corrected chi connectivity index (χ0v) is 24.4. The van der Waals surface area contributed by atoms with E-state index in [9.17, 15) is 25.2 Å². The summed E-state index contributed by atoms with van der Waals surface area (Å²) in [4.78, 5) is 12.7. The van der Waals surface area contributed by atoms with Crippen molar-refractivity contribution in [2.45, 2.75) is 124 Å². The summed E-state index contributed by atoms with van der Waals surface area (Å²) in [6.07, 6.45) is 8.88. The SMILES string of the molecule is CC(O)OC(C(O)O)C1CCC2(C)C(CCC3(C)C4CCC5(C(=O)O)CCCC(C)C5C4=CCC32)C1(C)C. The molecule has 4 fully saturated rings. The van der Waals surface area contributed by atoms with Crippen molar-refractivity contribution >= 4 is 5.97 Å². The zero-order valence-electron chi connectivity index (χ0n) is 24.4. The topological polar surface area (TPSA) is 107 Å². The van der Waals surface area contributed by atoms with Gasteiger partial charge in [-0.1, -0.05) is 59.1 Å². The standard InChI is InChI=1S/C32H52O6/c1-18-8-7-14-32(28(36)37)17-12-21-20(25(18)32)9-10-24-30(21,5)16-13-23-29(3,4)22(11-15-31(23,24)6)26(27(34)35)38-19(2)33/h9,18-19,21-27,33-35H,7-8,10-17H2,1-6H3,(H,36,37). The van der Waals surface area contributed by atoms with Crippen LogP contribution in [0.2, 0.25) is 0 Å². The summed E-state index contributed by atoms with van der Waals surface area (Å²) in [5.74, 6) is 1.37. The van der Waals surface area contributed by atoms with Crippen molar-refractivity contribution in [2.75, 3.05) is 0 Å². The summed E-state index contributed by atoms with van der Waals surface area (Å²) in [5, 5.41) is 40.8. The number of carboxylic acid groups (broad SMARTS) is 1. The molecule has 0 aromatic carbocycles. The molecule has 0 radical (unpaired) electrons. The van der Waals surface area contributed by atoms with Gasteiger partial charge in [-0.25, -0.2) is 0 Å². The first-order valence-electron chi connectivity index (χ1n) is 15.3. The number of hydrogen-bond donors (Lipinski definition) is 4. The quantitative estimate of drug-likeness (QED) is 0.266. The van der Waals surface area contributed by atoms with Gasteiger partial charge in [0.25, 0.3) is 0 Å². The van der Waals surface area contributed by atoms with E-state index in [-0.39, 0.29) is 28.1 Å². The summed E-state index contributed by atoms with van der Waals surface area (Å²) >= 11 is 0. The maximum Gasteiger partial charge on any atom is 0.310 e. The van der Waals surface area contributed by atoms with Crippen LogP contribution in [0.5, 0.6) is 0 Å². The van der Waals surface area contributed by atoms with Gasteiger partial charge in [0.05, 0.1) is 5.41 Å². The number of aliphatic hydroxyl groups is 3. The van der Waals surface area contributed by atoms with Crippen LogP contribution < -0.4 is 0 Å². The van der Waals surface area contributed by atoms with Crippen molar-refractivity contribution in [1.29, 1.82) is 0 Å². The average Bonchev–Trinajstić information content (AvgIpc) is 2.81. The highest BCUT2D eigenvalue weighted by atomic mass is 16.6. The summed E-state index contributed by atoms with van der Waals surface area (Å²) in [5.41, 5.74) is 1.00. The Hall–Kier alpha value is -0.950. The predicted molar refractivity (Wildman–Crippen MR) is 146 cm³/mol. The Bertz CT molecular complexity index is 956. The number of carbonyl (C=O) groups is 1. The second kappa shape index (κ2) is 9.56. The fraction of sp³-hybridized carbons (Fsp3) is 0.906. The summed E-state index contributed by atoms with van der Waals surface area (Å²) in [7, 11) is 0. The first kappa shape index (κ1) is 28.6. The predicted octanol–water partition coefficient (Wildman–Crippen LogP) is 5.74. The van der Waals surface area contributed by atoms with Crippen molar-refractivity contribution in [3.63, 3.8) is 0 Å². The lowest BCUT2D eigenvalue weighted by Gasteiger charge is -2.68. The number of fused-ring (bicyclic) bond motifs is 7. The Balaban J connectivity index is 1.48. The summed E-state index contributed by atoms with van der Waals surface area (Å²) < 4.78 is 5.68. The van der Waals surface area contributed by atoms with Crippen LogP contribution in [0.25, 0.3) is 0 Å². The molecule has 0 bridgehead atoms. The Kier molecular flexibility index (Phi) is 7.19. The minimum Gasteiger partial charge on any atom is -0.481 e. The summed E-state index contributed by atoms with van der Waals surface area (Å²) in [6, 6.07) is 0. The number of hydrogen-bond acceptors (Lipinski definition) is 5. The van der Waals surface area contributed by atoms with Gasteiger partial charge in [-0.3, -0.25) is 4.79 Å². The number of aliphatic hydroxyl groups excluding tert-OH is 2. The van der Waals surface area contributed by atoms with E-state index in [1.54, 1.807) is 0 Å². The van der Waals surface area contributed by atoms with E-state index in [1.807, 2.05) is 0 Å². The molecular weight excluding hydrogens is 480 g/mol. The highest BCUT2D eigenvalue weighted by Crippen LogP contribution is 2.72. The fourth-order valence-electron chi connectivity index (χ4n) is 11.7. The third-order valence-electron chi connectivity index (χ3n) is 13.2. The number of rotatable bonds is 5. The van der Waals surface area contributed by atoms with Gasteiger partial charge in [-0.15, -0.1) is 0 Å². The lowest BCUT2D eigenvalue weighted by atomic mass is 9.36. The van der Waals surface area contributed by atoms with Crippen LogP contribution in [0.1, 0.15) is 106 Å². The van der Waals surface area contributed by atoms with Gasteiger partial charge in [0.1, 0.15) is 6.10 Å². The van der Waals surface area contributed by atoms with Crippen molar-refractivity contribution in [1.82, 2.24) is 0 Å². The third-order valence-corrected chi connectivity index (χ3v) is 13.2. The molecule has 0 saturated heterocycles. The molecule has 216 valence electrons. The highest BCUT2D eigenvalue weighted by Gasteiger charge is 2.66. The molecule has 4 N–H and O–H groups in total. The maximum atomic E-state index is 12.7. The average molecular weight is 533 g/mol. The monoisotopic (exact) mass is 532 g/mol. The minimum absolute atomic E-state index is 0.0526. The van der Waals surface area contributed by atoms with Crippen LogP contribution in [0.3, 0.4) is 0 Å². The Labute approximate surface area is 229 Å². The number of ether oxygens (including phenoxy) is 1. The van der Waals surface area contributed by atoms with E-state index in [2.05, 4.69) is 40.7 Å². The number of carboxylic acids is 1. The van der Waals surface area contributed by atoms with Gasteiger partial charge >= 0.3 is 5.97 Å². The van der Waals surface area contributed by atoms with Crippen LogP contribution in [0.15, 0.2) is 11.6 Å². The fourth-order valence-corrected chi connectivity index (χ4v) is 11.7. The molecule has 0 heterocycles. The second-order valence-corrected chi connectivity index (χ2v) is 15.1. The second-order valence-electron chi connectivity index (χ2n) is 15.1. The smallest absolute Gasteiger partial charge is 0.310 e. The Morgan fingerprint density at radius 3 is 2.26 bits per heavy atom. The van der Waals surface area contributed by atoms with Crippen LogP contribution in [-0.4, -0.2) is 45.1 Å². The van der Waals surface area contributed by atoms with E-state index in [0.717, 1.165) is 64.2 Å². The molecule has 6 heteroatoms. The molecule has 11 unspecified atom stereocenters. The molecule has 6 nitrogen and oxygen atoms in total.